The second kappa shape index (κ2) is 3.26. The third-order valence-corrected chi connectivity index (χ3v) is 2.04. The minimum atomic E-state index is -0.376. The van der Waals surface area contributed by atoms with E-state index < -0.39 is 0 Å². The van der Waals surface area contributed by atoms with Crippen molar-refractivity contribution >= 4 is 17.6 Å². The van der Waals surface area contributed by atoms with Crippen LogP contribution in [-0.4, -0.2) is 12.6 Å². The molecule has 3 rings (SSSR count). The summed E-state index contributed by atoms with van der Waals surface area (Å²) in [6.07, 6.45) is 0. The molecule has 0 radical (unpaired) electrons. The van der Waals surface area contributed by atoms with Crippen LogP contribution in [0.5, 0.6) is 5.75 Å². The molecule has 1 aromatic carbocycles. The molecule has 0 unspecified atom stereocenters. The van der Waals surface area contributed by atoms with Crippen LogP contribution in [0.15, 0.2) is 18.2 Å². The maximum absolute atomic E-state index is 10.9. The van der Waals surface area contributed by atoms with Crippen molar-refractivity contribution in [2.24, 2.45) is 0 Å². The van der Waals surface area contributed by atoms with Crippen molar-refractivity contribution in [1.29, 1.82) is 0 Å². The van der Waals surface area contributed by atoms with Crippen LogP contribution in [0.3, 0.4) is 0 Å². The van der Waals surface area contributed by atoms with Gasteiger partial charge in [0.25, 0.3) is 0 Å². The number of benzene rings is 1. The molecule has 0 atom stereocenters. The number of hydrogen-bond acceptors (Lipinski definition) is 3. The molecule has 13 heavy (non-hydrogen) atoms. The number of esters is 1. The lowest BCUT2D eigenvalue weighted by atomic mass is 10.2. The van der Waals surface area contributed by atoms with Gasteiger partial charge in [0.05, 0.1) is 5.02 Å². The van der Waals surface area contributed by atoms with Crippen LogP contribution in [0, 0.1) is 0 Å². The molecule has 0 N–H and O–H groups in total. The van der Waals surface area contributed by atoms with Gasteiger partial charge in [-0.05, 0) is 17.7 Å². The quantitative estimate of drug-likeness (QED) is 0.596. The molecule has 3 nitrogen and oxygen atoms in total. The highest BCUT2D eigenvalue weighted by Gasteiger charge is 2.11. The van der Waals surface area contributed by atoms with Crippen molar-refractivity contribution in [3.63, 3.8) is 0 Å². The number of halogens is 1. The monoisotopic (exact) mass is 198 g/mol. The maximum Gasteiger partial charge on any atom is 0.344 e. The zero-order chi connectivity index (χ0) is 9.26. The fraction of sp³-hybridized carbons (Fsp3) is 0.222. The molecule has 0 amide bonds. The molecule has 2 aliphatic heterocycles. The van der Waals surface area contributed by atoms with Gasteiger partial charge in [0, 0.05) is 0 Å². The summed E-state index contributed by atoms with van der Waals surface area (Å²) in [5.41, 5.74) is 0.868. The first-order valence-electron chi connectivity index (χ1n) is 3.82. The van der Waals surface area contributed by atoms with E-state index in [-0.39, 0.29) is 19.2 Å². The lowest BCUT2D eigenvalue weighted by molar-refractivity contribution is -0.147. The van der Waals surface area contributed by atoms with Crippen LogP contribution >= 0.6 is 11.6 Å². The maximum atomic E-state index is 10.9. The number of fused-ring (bicyclic) bond motifs is 6. The summed E-state index contributed by atoms with van der Waals surface area (Å²) in [4.78, 5) is 10.9. The zero-order valence-corrected chi connectivity index (χ0v) is 7.50. The number of carbonyl (C=O) groups is 1. The van der Waals surface area contributed by atoms with Gasteiger partial charge in [-0.25, -0.2) is 4.79 Å². The zero-order valence-electron chi connectivity index (χ0n) is 6.75. The van der Waals surface area contributed by atoms with Gasteiger partial charge < -0.3 is 9.47 Å². The fourth-order valence-corrected chi connectivity index (χ4v) is 1.35. The molecule has 0 aliphatic carbocycles. The molecular weight excluding hydrogens is 192 g/mol. The molecule has 4 heteroatoms. The van der Waals surface area contributed by atoms with Crippen molar-refractivity contribution in [1.82, 2.24) is 0 Å². The summed E-state index contributed by atoms with van der Waals surface area (Å²) < 4.78 is 9.99. The molecule has 0 aromatic heterocycles. The summed E-state index contributed by atoms with van der Waals surface area (Å²) in [6, 6.07) is 5.29. The Kier molecular flexibility index (Phi) is 2.10. The third kappa shape index (κ3) is 1.75. The Labute approximate surface area is 80.2 Å². The van der Waals surface area contributed by atoms with E-state index in [4.69, 9.17) is 21.1 Å². The van der Waals surface area contributed by atoms with E-state index in [2.05, 4.69) is 0 Å². The minimum Gasteiger partial charge on any atom is -0.480 e. The standard InChI is InChI=1S/C9H7ClO3/c10-7-3-6-1-2-8(7)12-5-9(11)13-4-6/h1-3H,4-5H2. The largest absolute Gasteiger partial charge is 0.480 e. The van der Waals surface area contributed by atoms with Crippen molar-refractivity contribution < 1.29 is 14.3 Å². The van der Waals surface area contributed by atoms with Crippen LogP contribution in [0.4, 0.5) is 0 Å². The summed E-state index contributed by atoms with van der Waals surface area (Å²) in [5, 5.41) is 0.510. The van der Waals surface area contributed by atoms with E-state index in [1.165, 1.54) is 0 Å². The van der Waals surface area contributed by atoms with E-state index in [0.29, 0.717) is 10.8 Å². The Balaban J connectivity index is 2.38. The van der Waals surface area contributed by atoms with Crippen LogP contribution in [0.2, 0.25) is 5.02 Å². The van der Waals surface area contributed by atoms with Gasteiger partial charge in [-0.3, -0.25) is 0 Å². The smallest absolute Gasteiger partial charge is 0.344 e. The molecule has 0 spiro atoms. The highest BCUT2D eigenvalue weighted by atomic mass is 35.5. The van der Waals surface area contributed by atoms with Crippen LogP contribution in [0.1, 0.15) is 5.56 Å². The second-order valence-corrected chi connectivity index (χ2v) is 3.12. The SMILES string of the molecule is O=C1COc2ccc(cc2Cl)CO1. The summed E-state index contributed by atoms with van der Waals surface area (Å²) in [6.45, 7) is 0.166. The third-order valence-electron chi connectivity index (χ3n) is 1.74. The molecule has 68 valence electrons. The van der Waals surface area contributed by atoms with Crippen molar-refractivity contribution in [2.45, 2.75) is 6.61 Å². The van der Waals surface area contributed by atoms with E-state index >= 15 is 0 Å². The Morgan fingerprint density at radius 1 is 1.23 bits per heavy atom. The van der Waals surface area contributed by atoms with Gasteiger partial charge >= 0.3 is 5.97 Å². The van der Waals surface area contributed by atoms with Gasteiger partial charge in [-0.1, -0.05) is 17.7 Å². The molecule has 2 heterocycles. The number of hydrogen-bond donors (Lipinski definition) is 0. The highest BCUT2D eigenvalue weighted by molar-refractivity contribution is 6.32. The summed E-state index contributed by atoms with van der Waals surface area (Å²) >= 11 is 5.87. The van der Waals surface area contributed by atoms with Crippen molar-refractivity contribution in [3.8, 4) is 5.75 Å². The lowest BCUT2D eigenvalue weighted by Gasteiger charge is -2.03. The summed E-state index contributed by atoms with van der Waals surface area (Å²) in [5.74, 6) is 0.141. The topological polar surface area (TPSA) is 35.5 Å². The summed E-state index contributed by atoms with van der Waals surface area (Å²) in [7, 11) is 0. The van der Waals surface area contributed by atoms with Crippen LogP contribution < -0.4 is 4.74 Å². The van der Waals surface area contributed by atoms with Gasteiger partial charge in [0.15, 0.2) is 6.61 Å². The molecule has 0 fully saturated rings. The Bertz CT molecular complexity index is 349. The van der Waals surface area contributed by atoms with Crippen molar-refractivity contribution in [2.75, 3.05) is 6.61 Å². The molecule has 2 bridgehead atoms. The first kappa shape index (κ1) is 8.38. The number of carbonyl (C=O) groups excluding carboxylic acids is 1. The first-order chi connectivity index (χ1) is 6.25. The molecule has 1 aromatic rings. The van der Waals surface area contributed by atoms with Crippen molar-refractivity contribution in [3.05, 3.63) is 28.8 Å². The first-order valence-corrected chi connectivity index (χ1v) is 4.20. The molecule has 0 saturated heterocycles. The minimum absolute atomic E-state index is 0.0863. The average molecular weight is 199 g/mol. The lowest BCUT2D eigenvalue weighted by Crippen LogP contribution is -2.13. The molecule has 0 saturated carbocycles. The van der Waals surface area contributed by atoms with Gasteiger partial charge in [-0.15, -0.1) is 0 Å². The van der Waals surface area contributed by atoms with Crippen LogP contribution in [0.25, 0.3) is 0 Å². The predicted octanol–water partition coefficient (Wildman–Crippen LogP) is 1.78. The Hall–Kier alpha value is -1.22. The van der Waals surface area contributed by atoms with E-state index in [1.54, 1.807) is 12.1 Å². The van der Waals surface area contributed by atoms with Gasteiger partial charge in [0.2, 0.25) is 0 Å². The predicted molar refractivity (Wildman–Crippen MR) is 46.7 cm³/mol. The molecule has 2 aliphatic rings. The molecular formula is C9H7ClO3. The fourth-order valence-electron chi connectivity index (χ4n) is 1.09. The van der Waals surface area contributed by atoms with E-state index in [0.717, 1.165) is 5.56 Å². The number of rotatable bonds is 0. The van der Waals surface area contributed by atoms with Gasteiger partial charge in [-0.2, -0.15) is 0 Å². The van der Waals surface area contributed by atoms with Crippen LogP contribution in [-0.2, 0) is 16.1 Å². The van der Waals surface area contributed by atoms with Gasteiger partial charge in [0.1, 0.15) is 12.4 Å². The number of ether oxygens (including phenoxy) is 2. The van der Waals surface area contributed by atoms with E-state index in [9.17, 15) is 4.79 Å². The normalized spacial score (nSPS) is 15.3. The van der Waals surface area contributed by atoms with E-state index in [1.807, 2.05) is 6.07 Å². The highest BCUT2D eigenvalue weighted by Crippen LogP contribution is 2.26. The Morgan fingerprint density at radius 2 is 2.08 bits per heavy atom. The Morgan fingerprint density at radius 3 is 2.85 bits per heavy atom. The average Bonchev–Trinajstić information content (AvgIpc) is 2.23. The second-order valence-electron chi connectivity index (χ2n) is 2.71.